The summed E-state index contributed by atoms with van der Waals surface area (Å²) < 4.78 is 41.3. The fraction of sp³-hybridized carbons (Fsp3) is 0.533. The molecule has 0 saturated carbocycles. The number of halogens is 2. The van der Waals surface area contributed by atoms with Gasteiger partial charge in [-0.15, -0.1) is 12.4 Å². The van der Waals surface area contributed by atoms with Crippen LogP contribution in [0.1, 0.15) is 24.8 Å². The van der Waals surface area contributed by atoms with E-state index >= 15 is 0 Å². The number of fused-ring (bicyclic) bond motifs is 1. The van der Waals surface area contributed by atoms with Crippen LogP contribution in [0.15, 0.2) is 17.0 Å². The monoisotopic (exact) mass is 377 g/mol. The van der Waals surface area contributed by atoms with Crippen molar-refractivity contribution >= 4 is 34.0 Å². The number of benzene rings is 1. The first kappa shape index (κ1) is 19.1. The topological polar surface area (TPSA) is 78.5 Å². The SMILES string of the molecule is CNC1CCCN(S(=O)(=O)c2cc3c(cc2F)NC(=O)CC3)C1.Cl. The third-order valence-electron chi connectivity index (χ3n) is 4.46. The number of carbonyl (C=O) groups excluding carboxylic acids is 1. The smallest absolute Gasteiger partial charge is 0.246 e. The Morgan fingerprint density at radius 1 is 1.33 bits per heavy atom. The molecular weight excluding hydrogens is 357 g/mol. The van der Waals surface area contributed by atoms with E-state index in [2.05, 4.69) is 10.6 Å². The molecule has 2 aliphatic rings. The second-order valence-electron chi connectivity index (χ2n) is 5.98. The van der Waals surface area contributed by atoms with E-state index in [1.807, 2.05) is 0 Å². The van der Waals surface area contributed by atoms with Gasteiger partial charge in [0.05, 0.1) is 0 Å². The highest BCUT2D eigenvalue weighted by Gasteiger charge is 2.33. The molecule has 2 heterocycles. The summed E-state index contributed by atoms with van der Waals surface area (Å²) in [4.78, 5) is 11.1. The van der Waals surface area contributed by atoms with Crippen molar-refractivity contribution in [3.05, 3.63) is 23.5 Å². The molecule has 6 nitrogen and oxygen atoms in total. The Bertz CT molecular complexity index is 742. The van der Waals surface area contributed by atoms with Gasteiger partial charge in [0.15, 0.2) is 0 Å². The van der Waals surface area contributed by atoms with Crippen LogP contribution in [0.4, 0.5) is 10.1 Å². The van der Waals surface area contributed by atoms with E-state index in [-0.39, 0.29) is 35.7 Å². The molecule has 9 heteroatoms. The Kier molecular flexibility index (Phi) is 5.85. The quantitative estimate of drug-likeness (QED) is 0.836. The minimum Gasteiger partial charge on any atom is -0.326 e. The maximum Gasteiger partial charge on any atom is 0.246 e. The molecule has 1 amide bonds. The average molecular weight is 378 g/mol. The van der Waals surface area contributed by atoms with Crippen molar-refractivity contribution in [3.63, 3.8) is 0 Å². The summed E-state index contributed by atoms with van der Waals surface area (Å²) in [5.74, 6) is -1.00. The zero-order valence-corrected chi connectivity index (χ0v) is 15.0. The van der Waals surface area contributed by atoms with Crippen LogP contribution in [0.2, 0.25) is 0 Å². The lowest BCUT2D eigenvalue weighted by Gasteiger charge is -2.32. The van der Waals surface area contributed by atoms with Gasteiger partial charge in [0.25, 0.3) is 0 Å². The van der Waals surface area contributed by atoms with Crippen molar-refractivity contribution < 1.29 is 17.6 Å². The summed E-state index contributed by atoms with van der Waals surface area (Å²) in [7, 11) is -2.08. The Morgan fingerprint density at radius 3 is 2.79 bits per heavy atom. The molecule has 2 aliphatic heterocycles. The van der Waals surface area contributed by atoms with Gasteiger partial charge in [-0.05, 0) is 44.0 Å². The number of hydrogen-bond donors (Lipinski definition) is 2. The van der Waals surface area contributed by atoms with E-state index < -0.39 is 15.8 Å². The van der Waals surface area contributed by atoms with Gasteiger partial charge in [-0.25, -0.2) is 12.8 Å². The van der Waals surface area contributed by atoms with Crippen LogP contribution in [-0.4, -0.2) is 44.8 Å². The fourth-order valence-electron chi connectivity index (χ4n) is 3.11. The van der Waals surface area contributed by atoms with Gasteiger partial charge in [0.1, 0.15) is 10.7 Å². The van der Waals surface area contributed by atoms with Crippen LogP contribution in [0.5, 0.6) is 0 Å². The van der Waals surface area contributed by atoms with E-state index in [1.54, 1.807) is 7.05 Å². The van der Waals surface area contributed by atoms with Crippen LogP contribution in [-0.2, 0) is 21.2 Å². The minimum atomic E-state index is -3.88. The molecule has 1 saturated heterocycles. The minimum absolute atomic E-state index is 0. The second kappa shape index (κ2) is 7.35. The van der Waals surface area contributed by atoms with Crippen LogP contribution in [0.3, 0.4) is 0 Å². The molecule has 1 unspecified atom stereocenters. The highest BCUT2D eigenvalue weighted by atomic mass is 35.5. The number of nitrogens with one attached hydrogen (secondary N) is 2. The lowest BCUT2D eigenvalue weighted by Crippen LogP contribution is -2.47. The Labute approximate surface area is 147 Å². The molecule has 0 aliphatic carbocycles. The van der Waals surface area contributed by atoms with Gasteiger partial charge in [0, 0.05) is 31.2 Å². The molecule has 134 valence electrons. The first-order valence-corrected chi connectivity index (χ1v) is 9.15. The summed E-state index contributed by atoms with van der Waals surface area (Å²) >= 11 is 0. The molecule has 0 aromatic heterocycles. The highest BCUT2D eigenvalue weighted by molar-refractivity contribution is 7.89. The number of sulfonamides is 1. The van der Waals surface area contributed by atoms with Gasteiger partial charge in [-0.1, -0.05) is 0 Å². The summed E-state index contributed by atoms with van der Waals surface area (Å²) in [6, 6.07) is 2.56. The molecule has 1 fully saturated rings. The van der Waals surface area contributed by atoms with Crippen molar-refractivity contribution in [3.8, 4) is 0 Å². The number of piperidine rings is 1. The number of aryl methyl sites for hydroxylation is 1. The number of likely N-dealkylation sites (N-methyl/N-ethyl adjacent to an activating group) is 1. The maximum atomic E-state index is 14.4. The molecule has 1 atom stereocenters. The van der Waals surface area contributed by atoms with Gasteiger partial charge in [-0.2, -0.15) is 4.31 Å². The van der Waals surface area contributed by atoms with Crippen LogP contribution < -0.4 is 10.6 Å². The number of anilines is 1. The van der Waals surface area contributed by atoms with Crippen molar-refractivity contribution in [1.29, 1.82) is 0 Å². The zero-order chi connectivity index (χ0) is 16.6. The van der Waals surface area contributed by atoms with Gasteiger partial charge in [0.2, 0.25) is 15.9 Å². The first-order chi connectivity index (χ1) is 10.9. The Hall–Kier alpha value is -1.22. The molecule has 2 N–H and O–H groups in total. The van der Waals surface area contributed by atoms with Crippen molar-refractivity contribution in [2.45, 2.75) is 36.6 Å². The van der Waals surface area contributed by atoms with Gasteiger partial charge >= 0.3 is 0 Å². The lowest BCUT2D eigenvalue weighted by atomic mass is 10.0. The molecule has 3 rings (SSSR count). The molecular formula is C15H21ClFN3O3S. The van der Waals surface area contributed by atoms with Crippen LogP contribution >= 0.6 is 12.4 Å². The predicted molar refractivity (Wildman–Crippen MR) is 91.4 cm³/mol. The Morgan fingerprint density at radius 2 is 2.08 bits per heavy atom. The molecule has 0 bridgehead atoms. The average Bonchev–Trinajstić information content (AvgIpc) is 2.54. The largest absolute Gasteiger partial charge is 0.326 e. The maximum absolute atomic E-state index is 14.4. The van der Waals surface area contributed by atoms with E-state index in [1.165, 1.54) is 10.4 Å². The fourth-order valence-corrected chi connectivity index (χ4v) is 4.73. The first-order valence-electron chi connectivity index (χ1n) is 7.71. The van der Waals surface area contributed by atoms with Crippen molar-refractivity contribution in [2.75, 3.05) is 25.5 Å². The molecule has 1 aromatic carbocycles. The standard InChI is InChI=1S/C15H20FN3O3S.ClH/c1-17-11-3-2-6-19(9-11)23(21,22)14-7-10-4-5-15(20)18-13(10)8-12(14)16;/h7-8,11,17H,2-6,9H2,1H3,(H,18,20);1H. The number of hydrogen-bond acceptors (Lipinski definition) is 4. The molecule has 24 heavy (non-hydrogen) atoms. The van der Waals surface area contributed by atoms with E-state index in [9.17, 15) is 17.6 Å². The number of nitrogens with zero attached hydrogens (tertiary/aromatic N) is 1. The molecule has 0 radical (unpaired) electrons. The second-order valence-corrected chi connectivity index (χ2v) is 7.89. The third-order valence-corrected chi connectivity index (χ3v) is 6.34. The summed E-state index contributed by atoms with van der Waals surface area (Å²) in [5, 5.41) is 5.66. The van der Waals surface area contributed by atoms with E-state index in [0.29, 0.717) is 30.8 Å². The van der Waals surface area contributed by atoms with Crippen molar-refractivity contribution in [1.82, 2.24) is 9.62 Å². The predicted octanol–water partition coefficient (Wildman–Crippen LogP) is 1.50. The lowest BCUT2D eigenvalue weighted by molar-refractivity contribution is -0.116. The third kappa shape index (κ3) is 3.56. The van der Waals surface area contributed by atoms with E-state index in [0.717, 1.165) is 18.9 Å². The van der Waals surface area contributed by atoms with Crippen LogP contribution in [0, 0.1) is 5.82 Å². The molecule has 1 aromatic rings. The summed E-state index contributed by atoms with van der Waals surface area (Å²) in [6.07, 6.45) is 2.35. The number of carbonyl (C=O) groups is 1. The van der Waals surface area contributed by atoms with Gasteiger partial charge < -0.3 is 10.6 Å². The highest BCUT2D eigenvalue weighted by Crippen LogP contribution is 2.30. The van der Waals surface area contributed by atoms with E-state index in [4.69, 9.17) is 0 Å². The number of rotatable bonds is 3. The van der Waals surface area contributed by atoms with Crippen molar-refractivity contribution in [2.24, 2.45) is 0 Å². The normalized spacial score (nSPS) is 21.6. The zero-order valence-electron chi connectivity index (χ0n) is 13.3. The van der Waals surface area contributed by atoms with Gasteiger partial charge in [-0.3, -0.25) is 4.79 Å². The Balaban J connectivity index is 0.00000208. The van der Waals surface area contributed by atoms with Crippen LogP contribution in [0.25, 0.3) is 0 Å². The summed E-state index contributed by atoms with van der Waals surface area (Å²) in [6.45, 7) is 0.736. The molecule has 0 spiro atoms. The summed E-state index contributed by atoms with van der Waals surface area (Å²) in [5.41, 5.74) is 1.02. The number of amides is 1.